The van der Waals surface area contributed by atoms with Crippen molar-refractivity contribution >= 4 is 215 Å². The normalized spacial score (nSPS) is 12.0. The Morgan fingerprint density at radius 3 is 0.470 bits per heavy atom. The van der Waals surface area contributed by atoms with Crippen molar-refractivity contribution in [3.8, 4) is 0 Å². The van der Waals surface area contributed by atoms with Gasteiger partial charge >= 0.3 is 0 Å². The van der Waals surface area contributed by atoms with Gasteiger partial charge in [0.2, 0.25) is 0 Å². The van der Waals surface area contributed by atoms with Crippen molar-refractivity contribution in [1.82, 2.24) is 0 Å². The summed E-state index contributed by atoms with van der Waals surface area (Å²) in [6, 6.07) is 179. The molecule has 0 saturated carbocycles. The Morgan fingerprint density at radius 1 is 0.121 bits per heavy atom. The van der Waals surface area contributed by atoms with Crippen LogP contribution in [0.5, 0.6) is 0 Å². The minimum atomic E-state index is -0.647. The molecule has 0 aliphatic rings. The Morgan fingerprint density at radius 2 is 0.262 bits per heavy atom. The fraction of sp³-hybridized carbons (Fsp3) is 0.0909. The van der Waals surface area contributed by atoms with Gasteiger partial charge in [-0.25, -0.2) is 0 Å². The van der Waals surface area contributed by atoms with Crippen molar-refractivity contribution in [1.29, 1.82) is 0 Å². The summed E-state index contributed by atoms with van der Waals surface area (Å²) in [4.78, 5) is 0. The van der Waals surface area contributed by atoms with E-state index < -0.39 is 18.3 Å². The van der Waals surface area contributed by atoms with E-state index in [1.807, 2.05) is 32.0 Å². The molecule has 0 aliphatic heterocycles. The van der Waals surface area contributed by atoms with Gasteiger partial charge in [-0.05, 0) is 317 Å². The molecule has 149 heavy (non-hydrogen) atoms. The third-order valence-electron chi connectivity index (χ3n) is 29.2. The van der Waals surface area contributed by atoms with Crippen LogP contribution in [0.1, 0.15) is 104 Å². The molecule has 4 atom stereocenters. The van der Waals surface area contributed by atoms with Crippen molar-refractivity contribution in [3.63, 3.8) is 0 Å². The number of hydrogen-bond donors (Lipinski definition) is 6. The molecule has 0 heterocycles. The highest BCUT2D eigenvalue weighted by molar-refractivity contribution is 6.28. The van der Waals surface area contributed by atoms with Gasteiger partial charge in [0.15, 0.2) is 0 Å². The second kappa shape index (κ2) is 44.8. The first kappa shape index (κ1) is 99.2. The highest BCUT2D eigenvalue weighted by atomic mass is 16.3. The van der Waals surface area contributed by atoms with Gasteiger partial charge in [-0.3, -0.25) is 0 Å². The molecule has 30 aromatic carbocycles. The molecule has 4 unspecified atom stereocenters. The van der Waals surface area contributed by atoms with Gasteiger partial charge in [0.1, 0.15) is 6.10 Å². The van der Waals surface area contributed by atoms with Crippen LogP contribution in [0.15, 0.2) is 504 Å². The molecule has 6 N–H and O–H groups in total. The lowest BCUT2D eigenvalue weighted by atomic mass is 9.87. The maximum absolute atomic E-state index is 11.1. The molecule has 6 heteroatoms. The summed E-state index contributed by atoms with van der Waals surface area (Å²) < 4.78 is 0. The van der Waals surface area contributed by atoms with Gasteiger partial charge in [0.25, 0.3) is 0 Å². The summed E-state index contributed by atoms with van der Waals surface area (Å²) in [5.41, 5.74) is 7.98. The molecule has 0 bridgehead atoms. The third-order valence-corrected chi connectivity index (χ3v) is 29.2. The first-order valence-electron chi connectivity index (χ1n) is 51.2. The molecule has 0 spiro atoms. The van der Waals surface area contributed by atoms with E-state index in [1.165, 1.54) is 227 Å². The van der Waals surface area contributed by atoms with Crippen molar-refractivity contribution < 1.29 is 30.6 Å². The summed E-state index contributed by atoms with van der Waals surface area (Å²) in [6.45, 7) is 10.5. The summed E-state index contributed by atoms with van der Waals surface area (Å²) in [5, 5.41) is 104. The lowest BCUT2D eigenvalue weighted by Crippen LogP contribution is -2.00. The minimum absolute atomic E-state index is 0.353. The predicted molar refractivity (Wildman–Crippen MR) is 642 cm³/mol. The van der Waals surface area contributed by atoms with Crippen LogP contribution in [0.25, 0.3) is 215 Å². The minimum Gasteiger partial charge on any atom is -0.400 e. The standard InChI is InChI=1S/C28H20.C27H18O.C19H16.2C18H14O.3C10H8.3CH4O/c1-18(22-12-9-19-5-2-3-6-23(19)15-22)26-16-24-13-10-20-7-4-8-21-11-14-25(17-26)28(24)27(20)21;28-27(23-13-8-17-4-1-2-5-20(17)14-23)24-15-21-11-9-18-6-3-7-19-10-12-22(16-24)26(21)25(18)19;1-12(2)17-10-15-8-6-13-4-3-5-14-7-9-16(11-17)19(15)18(13)14;2*1-11(19)16-9-14-7-5-12-3-2-4-13-6-8-15(10-16)18(14)17(12)13;3*1-2-6-10-8-4-3-7-9(10)5-1;3*1-2/h2-18H,1H3;1-16,27-28H;3-12H,1-2H3;2*2-11,19H,1H3;3*1-8H;3*2H,1H3. The molecule has 0 aromatic heterocycles. The van der Waals surface area contributed by atoms with Gasteiger partial charge in [0, 0.05) is 27.2 Å². The first-order valence-corrected chi connectivity index (χ1v) is 51.2. The van der Waals surface area contributed by atoms with E-state index in [2.05, 4.69) is 506 Å². The average Bonchev–Trinajstić information content (AvgIpc) is 0.797. The van der Waals surface area contributed by atoms with E-state index >= 15 is 0 Å². The molecular weight excluding hydrogens is 1810 g/mol. The van der Waals surface area contributed by atoms with E-state index in [0.29, 0.717) is 11.8 Å². The number of aliphatic hydroxyl groups is 6. The molecule has 6 nitrogen and oxygen atoms in total. The Labute approximate surface area is 868 Å². The smallest absolute Gasteiger partial charge is 0.104 e. The zero-order chi connectivity index (χ0) is 103. The van der Waals surface area contributed by atoms with Gasteiger partial charge in [0.05, 0.1) is 12.2 Å². The molecule has 0 saturated heterocycles. The Hall–Kier alpha value is -17.1. The van der Waals surface area contributed by atoms with E-state index in [4.69, 9.17) is 15.3 Å². The number of aliphatic hydroxyl groups excluding tert-OH is 6. The molecule has 0 amide bonds. The molecule has 0 radical (unpaired) electrons. The molecule has 726 valence electrons. The fourth-order valence-corrected chi connectivity index (χ4v) is 21.8. The van der Waals surface area contributed by atoms with Crippen LogP contribution in [-0.2, 0) is 0 Å². The van der Waals surface area contributed by atoms with E-state index in [0.717, 1.165) is 49.0 Å². The largest absolute Gasteiger partial charge is 0.400 e. The zero-order valence-electron chi connectivity index (χ0n) is 85.0. The van der Waals surface area contributed by atoms with Crippen LogP contribution in [-0.4, -0.2) is 52.0 Å². The van der Waals surface area contributed by atoms with Crippen molar-refractivity contribution in [3.05, 3.63) is 542 Å². The first-order chi connectivity index (χ1) is 73.2. The quantitative estimate of drug-likeness (QED) is 0.0885. The maximum Gasteiger partial charge on any atom is 0.104 e. The van der Waals surface area contributed by atoms with E-state index in [9.17, 15) is 15.3 Å². The second-order valence-electron chi connectivity index (χ2n) is 38.6. The lowest BCUT2D eigenvalue weighted by molar-refractivity contribution is 0.199. The molecule has 30 aromatic rings. The van der Waals surface area contributed by atoms with Crippen LogP contribution in [0, 0.1) is 0 Å². The highest BCUT2D eigenvalue weighted by Gasteiger charge is 2.21. The molecular formula is C143H118O6. The van der Waals surface area contributed by atoms with E-state index in [-0.39, 0.29) is 0 Å². The maximum atomic E-state index is 11.1. The van der Waals surface area contributed by atoms with Gasteiger partial charge in [-0.15, -0.1) is 0 Å². The lowest BCUT2D eigenvalue weighted by Gasteiger charge is -2.17. The van der Waals surface area contributed by atoms with Gasteiger partial charge in [-0.2, -0.15) is 0 Å². The monoisotopic (exact) mass is 1930 g/mol. The molecule has 0 aliphatic carbocycles. The molecule has 30 rings (SSSR count). The third kappa shape index (κ3) is 20.6. The second-order valence-corrected chi connectivity index (χ2v) is 38.6. The topological polar surface area (TPSA) is 121 Å². The number of benzene rings is 30. The van der Waals surface area contributed by atoms with E-state index in [1.54, 1.807) is 0 Å². The van der Waals surface area contributed by atoms with Crippen molar-refractivity contribution in [2.45, 2.75) is 64.8 Å². The van der Waals surface area contributed by atoms with Crippen LogP contribution in [0.3, 0.4) is 0 Å². The van der Waals surface area contributed by atoms with Crippen LogP contribution in [0.2, 0.25) is 0 Å². The zero-order valence-corrected chi connectivity index (χ0v) is 85.0. The summed E-state index contributed by atoms with van der Waals surface area (Å²) in [7, 11) is 3.00. The summed E-state index contributed by atoms with van der Waals surface area (Å²) in [5.74, 6) is 0.924. The van der Waals surface area contributed by atoms with Crippen LogP contribution in [0.4, 0.5) is 0 Å². The predicted octanol–water partition coefficient (Wildman–Crippen LogP) is 37.0. The molecule has 0 fully saturated rings. The van der Waals surface area contributed by atoms with Crippen molar-refractivity contribution in [2.24, 2.45) is 0 Å². The van der Waals surface area contributed by atoms with Gasteiger partial charge in [-0.1, -0.05) is 482 Å². The number of rotatable bonds is 7. The number of fused-ring (bicyclic) bond motifs is 5. The Bertz CT molecular complexity index is 8590. The van der Waals surface area contributed by atoms with Crippen molar-refractivity contribution in [2.75, 3.05) is 21.3 Å². The average molecular weight is 1930 g/mol. The highest BCUT2D eigenvalue weighted by Crippen LogP contribution is 2.45. The Kier molecular flexibility index (Phi) is 29.9. The van der Waals surface area contributed by atoms with Crippen LogP contribution < -0.4 is 0 Å². The SMILES string of the molecule is CC(C)c1cc2ccc3cccc4ccc(c1)c2c34.CC(O)c1cc2ccc3cccc4ccc(c1)c2c34.CC(O)c1cc2ccc3cccc4ccc(c1)c2c34.CC(c1ccc2ccccc2c1)c1cc2ccc3cccc4ccc(c1)c2c34.CO.CO.CO.OC(c1ccc2ccccc2c1)c1cc2ccc3cccc4ccc(c1)c2c34.c1ccc2ccccc2c1.c1ccc2ccccc2c1.c1ccc2ccccc2c1. The van der Waals surface area contributed by atoms with Crippen LogP contribution >= 0.6 is 0 Å². The summed E-state index contributed by atoms with van der Waals surface area (Å²) in [6.07, 6.45) is -1.50. The van der Waals surface area contributed by atoms with Gasteiger partial charge < -0.3 is 30.6 Å². The summed E-state index contributed by atoms with van der Waals surface area (Å²) >= 11 is 0. The fourth-order valence-electron chi connectivity index (χ4n) is 21.8. The number of hydrogen-bond acceptors (Lipinski definition) is 6. The Balaban J connectivity index is 0.000000105.